The van der Waals surface area contributed by atoms with Gasteiger partial charge in [-0.2, -0.15) is 0 Å². The molecule has 0 N–H and O–H groups in total. The van der Waals surface area contributed by atoms with E-state index in [1.54, 1.807) is 6.07 Å². The van der Waals surface area contributed by atoms with Crippen molar-refractivity contribution in [2.24, 2.45) is 0 Å². The summed E-state index contributed by atoms with van der Waals surface area (Å²) < 4.78 is 22.9. The van der Waals surface area contributed by atoms with E-state index in [1.807, 2.05) is 0 Å². The minimum atomic E-state index is -0.292. The van der Waals surface area contributed by atoms with Gasteiger partial charge in [-0.05, 0) is 12.1 Å². The first-order valence-corrected chi connectivity index (χ1v) is 3.70. The van der Waals surface area contributed by atoms with Crippen LogP contribution in [0.25, 0.3) is 0 Å². The maximum atomic E-state index is 12.8. The van der Waals surface area contributed by atoms with Crippen LogP contribution in [0.4, 0.5) is 4.39 Å². The average Bonchev–Trinajstić information content (AvgIpc) is 2.45. The van der Waals surface area contributed by atoms with E-state index in [0.29, 0.717) is 16.8 Å². The van der Waals surface area contributed by atoms with Gasteiger partial charge in [0.2, 0.25) is 6.79 Å². The Bertz CT molecular complexity index is 301. The number of ether oxygens (including phenoxy) is 2. The van der Waals surface area contributed by atoms with Crippen molar-refractivity contribution < 1.29 is 13.9 Å². The lowest BCUT2D eigenvalue weighted by molar-refractivity contribution is 0.174. The molecule has 0 bridgehead atoms. The SMILES string of the molecule is Fc1ccc2c(c1P)OCO2. The number of halogens is 1. The van der Waals surface area contributed by atoms with E-state index in [-0.39, 0.29) is 12.6 Å². The molecule has 58 valence electrons. The quantitative estimate of drug-likeness (QED) is 0.544. The molecule has 1 aromatic carbocycles. The van der Waals surface area contributed by atoms with E-state index in [0.717, 1.165) is 0 Å². The first-order chi connectivity index (χ1) is 5.29. The second-order valence-corrected chi connectivity index (χ2v) is 2.77. The van der Waals surface area contributed by atoms with Crippen LogP contribution in [-0.2, 0) is 0 Å². The molecule has 11 heavy (non-hydrogen) atoms. The molecule has 1 heterocycles. The molecule has 1 unspecified atom stereocenters. The van der Waals surface area contributed by atoms with Gasteiger partial charge >= 0.3 is 0 Å². The molecule has 0 saturated carbocycles. The molecule has 0 amide bonds. The summed E-state index contributed by atoms with van der Waals surface area (Å²) in [4.78, 5) is 0. The first-order valence-electron chi connectivity index (χ1n) is 3.12. The smallest absolute Gasteiger partial charge is 0.231 e. The van der Waals surface area contributed by atoms with E-state index in [4.69, 9.17) is 9.47 Å². The predicted octanol–water partition coefficient (Wildman–Crippen LogP) is 1.05. The second kappa shape index (κ2) is 2.35. The van der Waals surface area contributed by atoms with Gasteiger partial charge in [-0.3, -0.25) is 0 Å². The van der Waals surface area contributed by atoms with Gasteiger partial charge in [-0.15, -0.1) is 0 Å². The van der Waals surface area contributed by atoms with Crippen LogP contribution in [0.5, 0.6) is 11.5 Å². The molecule has 2 rings (SSSR count). The fourth-order valence-electron chi connectivity index (χ4n) is 0.970. The zero-order chi connectivity index (χ0) is 7.84. The van der Waals surface area contributed by atoms with Gasteiger partial charge in [0.15, 0.2) is 11.5 Å². The monoisotopic (exact) mass is 172 g/mol. The lowest BCUT2D eigenvalue weighted by Gasteiger charge is -1.99. The van der Waals surface area contributed by atoms with Crippen LogP contribution in [-0.4, -0.2) is 6.79 Å². The summed E-state index contributed by atoms with van der Waals surface area (Å²) >= 11 is 0. The molecule has 0 saturated heterocycles. The zero-order valence-corrected chi connectivity index (χ0v) is 6.79. The molecule has 0 radical (unpaired) electrons. The van der Waals surface area contributed by atoms with E-state index < -0.39 is 0 Å². The predicted molar refractivity (Wildman–Crippen MR) is 41.9 cm³/mol. The molecule has 0 fully saturated rings. The zero-order valence-electron chi connectivity index (χ0n) is 5.63. The number of rotatable bonds is 0. The van der Waals surface area contributed by atoms with E-state index in [1.165, 1.54) is 6.07 Å². The molecular weight excluding hydrogens is 166 g/mol. The molecule has 1 aromatic rings. The van der Waals surface area contributed by atoms with Gasteiger partial charge in [0.05, 0.1) is 5.30 Å². The van der Waals surface area contributed by atoms with E-state index >= 15 is 0 Å². The van der Waals surface area contributed by atoms with Crippen LogP contribution in [0.1, 0.15) is 0 Å². The van der Waals surface area contributed by atoms with Gasteiger partial charge in [-0.1, -0.05) is 9.24 Å². The summed E-state index contributed by atoms with van der Waals surface area (Å²) in [5, 5.41) is 0.431. The maximum absolute atomic E-state index is 12.8. The standard InChI is InChI=1S/C7H6FO2P/c8-4-1-2-5-6(7(4)11)10-3-9-5/h1-2H,3,11H2. The van der Waals surface area contributed by atoms with Crippen molar-refractivity contribution >= 4 is 14.5 Å². The topological polar surface area (TPSA) is 18.5 Å². The number of fused-ring (bicyclic) bond motifs is 1. The third-order valence-electron chi connectivity index (χ3n) is 1.52. The van der Waals surface area contributed by atoms with Crippen LogP contribution in [0.3, 0.4) is 0 Å². The Kier molecular flexibility index (Phi) is 1.46. The van der Waals surface area contributed by atoms with Crippen molar-refractivity contribution in [2.75, 3.05) is 6.79 Å². The van der Waals surface area contributed by atoms with E-state index in [2.05, 4.69) is 9.24 Å². The molecule has 0 aliphatic carbocycles. The van der Waals surface area contributed by atoms with Crippen LogP contribution in [0, 0.1) is 5.82 Å². The Morgan fingerprint density at radius 3 is 3.00 bits per heavy atom. The average molecular weight is 172 g/mol. The van der Waals surface area contributed by atoms with Gasteiger partial charge in [0.1, 0.15) is 5.82 Å². The Morgan fingerprint density at radius 2 is 2.18 bits per heavy atom. The molecule has 1 atom stereocenters. The highest BCUT2D eigenvalue weighted by Crippen LogP contribution is 2.31. The van der Waals surface area contributed by atoms with Crippen molar-refractivity contribution in [3.8, 4) is 11.5 Å². The van der Waals surface area contributed by atoms with Crippen molar-refractivity contribution in [3.05, 3.63) is 17.9 Å². The Labute approximate surface area is 65.5 Å². The molecule has 2 nitrogen and oxygen atoms in total. The van der Waals surface area contributed by atoms with Crippen LogP contribution >= 0.6 is 9.24 Å². The van der Waals surface area contributed by atoms with Crippen LogP contribution < -0.4 is 14.8 Å². The molecule has 0 aromatic heterocycles. The fraction of sp³-hybridized carbons (Fsp3) is 0.143. The lowest BCUT2D eigenvalue weighted by Crippen LogP contribution is -2.01. The van der Waals surface area contributed by atoms with Crippen molar-refractivity contribution in [1.82, 2.24) is 0 Å². The van der Waals surface area contributed by atoms with E-state index in [9.17, 15) is 4.39 Å². The maximum Gasteiger partial charge on any atom is 0.231 e. The molecule has 1 aliphatic heterocycles. The summed E-state index contributed by atoms with van der Waals surface area (Å²) in [5.74, 6) is 0.811. The van der Waals surface area contributed by atoms with Gasteiger partial charge in [0.25, 0.3) is 0 Å². The number of hydrogen-bond donors (Lipinski definition) is 0. The number of benzene rings is 1. The van der Waals surface area contributed by atoms with Crippen LogP contribution in [0.2, 0.25) is 0 Å². The molecule has 4 heteroatoms. The summed E-state index contributed by atoms with van der Waals surface area (Å²) in [6.45, 7) is 0.181. The Morgan fingerprint density at radius 1 is 1.36 bits per heavy atom. The highest BCUT2D eigenvalue weighted by atomic mass is 31.0. The van der Waals surface area contributed by atoms with Gasteiger partial charge in [0, 0.05) is 0 Å². The highest BCUT2D eigenvalue weighted by molar-refractivity contribution is 7.27. The highest BCUT2D eigenvalue weighted by Gasteiger charge is 2.17. The third kappa shape index (κ3) is 0.962. The lowest BCUT2D eigenvalue weighted by atomic mass is 10.3. The molecule has 0 spiro atoms. The van der Waals surface area contributed by atoms with Gasteiger partial charge < -0.3 is 9.47 Å². The first kappa shape index (κ1) is 6.86. The second-order valence-electron chi connectivity index (χ2n) is 2.19. The van der Waals surface area contributed by atoms with Crippen molar-refractivity contribution in [1.29, 1.82) is 0 Å². The largest absolute Gasteiger partial charge is 0.454 e. The minimum absolute atomic E-state index is 0.181. The van der Waals surface area contributed by atoms with Gasteiger partial charge in [-0.25, -0.2) is 4.39 Å². The molecule has 1 aliphatic rings. The summed E-state index contributed by atoms with van der Waals surface area (Å²) in [5.41, 5.74) is 0. The molecular formula is C7H6FO2P. The van der Waals surface area contributed by atoms with Crippen molar-refractivity contribution in [3.63, 3.8) is 0 Å². The third-order valence-corrected chi connectivity index (χ3v) is 2.06. The minimum Gasteiger partial charge on any atom is -0.454 e. The normalized spacial score (nSPS) is 13.6. The van der Waals surface area contributed by atoms with Crippen LogP contribution in [0.15, 0.2) is 12.1 Å². The summed E-state index contributed by atoms with van der Waals surface area (Å²) in [7, 11) is 2.28. The Balaban J connectivity index is 2.62. The summed E-state index contributed by atoms with van der Waals surface area (Å²) in [6, 6.07) is 2.92. The summed E-state index contributed by atoms with van der Waals surface area (Å²) in [6.07, 6.45) is 0. The number of hydrogen-bond acceptors (Lipinski definition) is 2. The Hall–Kier alpha value is -0.820. The van der Waals surface area contributed by atoms with Crippen molar-refractivity contribution in [2.45, 2.75) is 0 Å². The fourth-order valence-corrected chi connectivity index (χ4v) is 1.29.